The van der Waals surface area contributed by atoms with Crippen LogP contribution in [0.25, 0.3) is 0 Å². The maximum atomic E-state index is 12.4. The smallest absolute Gasteiger partial charge is 0.228 e. The maximum Gasteiger partial charge on any atom is 0.228 e. The number of aryl methyl sites for hydroxylation is 1. The summed E-state index contributed by atoms with van der Waals surface area (Å²) in [6.45, 7) is 2.41. The highest BCUT2D eigenvalue weighted by Crippen LogP contribution is 2.40. The molecule has 0 amide bonds. The molecule has 0 aliphatic carbocycles. The molecule has 1 aromatic carbocycles. The third-order valence-electron chi connectivity index (χ3n) is 2.92. The monoisotopic (exact) mass is 318 g/mol. The van der Waals surface area contributed by atoms with Gasteiger partial charge < -0.3 is 4.74 Å². The van der Waals surface area contributed by atoms with Crippen LogP contribution in [-0.2, 0) is 14.6 Å². The fourth-order valence-electron chi connectivity index (χ4n) is 1.84. The van der Waals surface area contributed by atoms with E-state index in [-0.39, 0.29) is 0 Å². The average molecular weight is 319 g/mol. The topological polar surface area (TPSA) is 43.4 Å². The zero-order valence-electron chi connectivity index (χ0n) is 9.65. The van der Waals surface area contributed by atoms with Crippen LogP contribution in [0.5, 0.6) is 0 Å². The van der Waals surface area contributed by atoms with Crippen LogP contribution < -0.4 is 0 Å². The number of rotatable bonds is 2. The van der Waals surface area contributed by atoms with Crippen molar-refractivity contribution >= 4 is 25.8 Å². The zero-order valence-corrected chi connectivity index (χ0v) is 12.1. The first kappa shape index (κ1) is 13.1. The molecule has 0 saturated carbocycles. The van der Waals surface area contributed by atoms with E-state index in [1.54, 1.807) is 24.3 Å². The predicted octanol–water partition coefficient (Wildman–Crippen LogP) is 3.02. The molecule has 2 rings (SSSR count). The second kappa shape index (κ2) is 4.71. The summed E-state index contributed by atoms with van der Waals surface area (Å²) >= 11 is 3.26. The van der Waals surface area contributed by atoms with Gasteiger partial charge in [-0.3, -0.25) is 0 Å². The van der Waals surface area contributed by atoms with Gasteiger partial charge in [-0.2, -0.15) is 0 Å². The SMILES string of the molecule is Cc1ccc(S(=O)(=O)C2(Br)CCCCO2)cc1. The first-order valence-corrected chi connectivity index (χ1v) is 7.87. The number of alkyl halides is 1. The van der Waals surface area contributed by atoms with E-state index in [0.717, 1.165) is 18.4 Å². The number of halogens is 1. The third kappa shape index (κ3) is 2.41. The molecule has 1 atom stereocenters. The highest BCUT2D eigenvalue weighted by Gasteiger charge is 2.44. The number of sulfone groups is 1. The van der Waals surface area contributed by atoms with Crippen LogP contribution in [0.15, 0.2) is 29.2 Å². The third-order valence-corrected chi connectivity index (χ3v) is 6.84. The van der Waals surface area contributed by atoms with Crippen molar-refractivity contribution in [3.05, 3.63) is 29.8 Å². The number of ether oxygens (including phenoxy) is 1. The van der Waals surface area contributed by atoms with Gasteiger partial charge in [0.05, 0.1) is 4.90 Å². The Morgan fingerprint density at radius 3 is 2.41 bits per heavy atom. The summed E-state index contributed by atoms with van der Waals surface area (Å²) in [5.74, 6) is 0. The molecular formula is C12H15BrO3S. The molecule has 0 N–H and O–H groups in total. The summed E-state index contributed by atoms with van der Waals surface area (Å²) in [6.07, 6.45) is 2.26. The molecule has 5 heteroatoms. The Kier molecular flexibility index (Phi) is 3.61. The van der Waals surface area contributed by atoms with Crippen molar-refractivity contribution in [2.75, 3.05) is 6.61 Å². The van der Waals surface area contributed by atoms with Crippen LogP contribution in [0.1, 0.15) is 24.8 Å². The summed E-state index contributed by atoms with van der Waals surface area (Å²) < 4.78 is 29.1. The summed E-state index contributed by atoms with van der Waals surface area (Å²) in [5, 5.41) is 0. The van der Waals surface area contributed by atoms with E-state index < -0.39 is 13.7 Å². The Morgan fingerprint density at radius 1 is 1.24 bits per heavy atom. The Labute approximate surface area is 110 Å². The highest BCUT2D eigenvalue weighted by atomic mass is 79.9. The lowest BCUT2D eigenvalue weighted by Crippen LogP contribution is -2.38. The fourth-order valence-corrected chi connectivity index (χ4v) is 4.34. The summed E-state index contributed by atoms with van der Waals surface area (Å²) in [6, 6.07) is 6.86. The lowest BCUT2D eigenvalue weighted by Gasteiger charge is -2.31. The first-order valence-electron chi connectivity index (χ1n) is 5.60. The van der Waals surface area contributed by atoms with Crippen molar-refractivity contribution in [3.8, 4) is 0 Å². The van der Waals surface area contributed by atoms with Crippen LogP contribution in [0.3, 0.4) is 0 Å². The standard InChI is InChI=1S/C12H15BrO3S/c1-10-4-6-11(7-5-10)17(14,15)12(13)8-2-3-9-16-12/h4-7H,2-3,8-9H2,1H3. The molecule has 1 aliphatic rings. The number of benzene rings is 1. The summed E-state index contributed by atoms with van der Waals surface area (Å²) in [4.78, 5) is 0.307. The molecule has 1 unspecified atom stereocenters. The van der Waals surface area contributed by atoms with Gasteiger partial charge in [-0.05, 0) is 47.8 Å². The van der Waals surface area contributed by atoms with Gasteiger partial charge in [-0.15, -0.1) is 0 Å². The van der Waals surface area contributed by atoms with Gasteiger partial charge in [0, 0.05) is 13.0 Å². The lowest BCUT2D eigenvalue weighted by molar-refractivity contribution is 0.0478. The van der Waals surface area contributed by atoms with Gasteiger partial charge in [0.1, 0.15) is 0 Å². The van der Waals surface area contributed by atoms with Crippen LogP contribution in [-0.4, -0.2) is 18.9 Å². The minimum atomic E-state index is -3.48. The Morgan fingerprint density at radius 2 is 1.88 bits per heavy atom. The molecule has 0 bridgehead atoms. The van der Waals surface area contributed by atoms with E-state index in [2.05, 4.69) is 15.9 Å². The van der Waals surface area contributed by atoms with Gasteiger partial charge in [0.2, 0.25) is 13.7 Å². The second-order valence-corrected chi connectivity index (χ2v) is 8.23. The van der Waals surface area contributed by atoms with Crippen LogP contribution in [0.2, 0.25) is 0 Å². The molecule has 1 heterocycles. The Hall–Kier alpha value is -0.390. The van der Waals surface area contributed by atoms with Crippen molar-refractivity contribution in [1.82, 2.24) is 0 Å². The van der Waals surface area contributed by atoms with Crippen LogP contribution >= 0.6 is 15.9 Å². The van der Waals surface area contributed by atoms with Crippen molar-refractivity contribution in [1.29, 1.82) is 0 Å². The molecule has 3 nitrogen and oxygen atoms in total. The maximum absolute atomic E-state index is 12.4. The molecule has 0 spiro atoms. The van der Waals surface area contributed by atoms with Crippen molar-refractivity contribution in [2.45, 2.75) is 34.9 Å². The van der Waals surface area contributed by atoms with Gasteiger partial charge in [-0.1, -0.05) is 17.7 Å². The van der Waals surface area contributed by atoms with Gasteiger partial charge in [-0.25, -0.2) is 8.42 Å². The summed E-state index contributed by atoms with van der Waals surface area (Å²) in [7, 11) is -3.48. The van der Waals surface area contributed by atoms with E-state index in [4.69, 9.17) is 4.74 Å². The van der Waals surface area contributed by atoms with Crippen molar-refractivity contribution < 1.29 is 13.2 Å². The quantitative estimate of drug-likeness (QED) is 0.787. The second-order valence-electron chi connectivity index (χ2n) is 4.28. The Balaban J connectivity index is 2.38. The number of hydrogen-bond donors (Lipinski definition) is 0. The normalized spacial score (nSPS) is 25.8. The van der Waals surface area contributed by atoms with Crippen molar-refractivity contribution in [3.63, 3.8) is 0 Å². The molecular weight excluding hydrogens is 304 g/mol. The molecule has 17 heavy (non-hydrogen) atoms. The fraction of sp³-hybridized carbons (Fsp3) is 0.500. The molecule has 0 radical (unpaired) electrons. The molecule has 1 aliphatic heterocycles. The molecule has 94 valence electrons. The van der Waals surface area contributed by atoms with E-state index in [0.29, 0.717) is 17.9 Å². The van der Waals surface area contributed by atoms with Gasteiger partial charge in [0.15, 0.2) is 0 Å². The zero-order chi connectivity index (χ0) is 12.5. The minimum absolute atomic E-state index is 0.307. The average Bonchev–Trinajstić information content (AvgIpc) is 2.30. The largest absolute Gasteiger partial charge is 0.350 e. The molecule has 1 aromatic rings. The minimum Gasteiger partial charge on any atom is -0.350 e. The van der Waals surface area contributed by atoms with E-state index in [1.807, 2.05) is 6.92 Å². The summed E-state index contributed by atoms with van der Waals surface area (Å²) in [5.41, 5.74) is 1.04. The predicted molar refractivity (Wildman–Crippen MR) is 69.8 cm³/mol. The first-order chi connectivity index (χ1) is 7.96. The van der Waals surface area contributed by atoms with Gasteiger partial charge >= 0.3 is 0 Å². The lowest BCUT2D eigenvalue weighted by atomic mass is 10.2. The highest BCUT2D eigenvalue weighted by molar-refractivity contribution is 9.11. The van der Waals surface area contributed by atoms with E-state index >= 15 is 0 Å². The van der Waals surface area contributed by atoms with Crippen LogP contribution in [0, 0.1) is 6.92 Å². The molecule has 1 saturated heterocycles. The van der Waals surface area contributed by atoms with Gasteiger partial charge in [0.25, 0.3) is 0 Å². The van der Waals surface area contributed by atoms with Crippen molar-refractivity contribution in [2.24, 2.45) is 0 Å². The Bertz CT molecular complexity index is 487. The molecule has 0 aromatic heterocycles. The number of hydrogen-bond acceptors (Lipinski definition) is 3. The van der Waals surface area contributed by atoms with E-state index in [9.17, 15) is 8.42 Å². The molecule has 1 fully saturated rings. The van der Waals surface area contributed by atoms with E-state index in [1.165, 1.54) is 0 Å². The van der Waals surface area contributed by atoms with Crippen LogP contribution in [0.4, 0.5) is 0 Å².